The number of thiophene rings is 1. The zero-order chi connectivity index (χ0) is 33.7. The van der Waals surface area contributed by atoms with Crippen molar-refractivity contribution in [3.63, 3.8) is 0 Å². The van der Waals surface area contributed by atoms with Crippen LogP contribution in [0.25, 0.3) is 10.1 Å². The van der Waals surface area contributed by atoms with E-state index in [4.69, 9.17) is 4.74 Å². The number of rotatable bonds is 12. The highest BCUT2D eigenvalue weighted by Gasteiger charge is 2.50. The maximum absolute atomic E-state index is 13.1. The Bertz CT molecular complexity index is 1800. The molecule has 0 spiro atoms. The monoisotopic (exact) mass is 674 g/mol. The lowest BCUT2D eigenvalue weighted by Gasteiger charge is -2.42. The number of ether oxygens (including phenoxy) is 1. The lowest BCUT2D eigenvalue weighted by Crippen LogP contribution is -2.65. The van der Waals surface area contributed by atoms with E-state index in [1.54, 1.807) is 23.5 Å². The number of allylic oxidation sites excluding steroid dienone is 1. The molecule has 1 aromatic heterocycles. The van der Waals surface area contributed by atoms with Crippen LogP contribution in [-0.2, 0) is 9.53 Å². The Kier molecular flexibility index (Phi) is 10.1. The summed E-state index contributed by atoms with van der Waals surface area (Å²) in [6.07, 6.45) is 5.84. The van der Waals surface area contributed by atoms with Crippen molar-refractivity contribution >= 4 is 52.1 Å². The summed E-state index contributed by atoms with van der Waals surface area (Å²) >= 11 is 1.75. The van der Waals surface area contributed by atoms with Crippen molar-refractivity contribution in [2.45, 2.75) is 56.6 Å². The van der Waals surface area contributed by atoms with Gasteiger partial charge in [-0.2, -0.15) is 0 Å². The number of hydrogen-bond donors (Lipinski definition) is 2. The molecule has 48 heavy (non-hydrogen) atoms. The molecule has 1 aliphatic carbocycles. The Balaban J connectivity index is 1.39. The van der Waals surface area contributed by atoms with Crippen LogP contribution < -0.4 is 10.4 Å². The van der Waals surface area contributed by atoms with E-state index in [1.807, 2.05) is 84.9 Å². The highest BCUT2D eigenvalue weighted by atomic mass is 32.1. The number of carboxylic acid groups (broad SMARTS) is 1. The van der Waals surface area contributed by atoms with Gasteiger partial charge in [0.15, 0.2) is 0 Å². The summed E-state index contributed by atoms with van der Waals surface area (Å²) < 4.78 is 7.26. The summed E-state index contributed by atoms with van der Waals surface area (Å²) in [5, 5.41) is 12.4. The fourth-order valence-corrected chi connectivity index (χ4v) is 12.3. The maximum atomic E-state index is 13.1. The Hall–Kier alpha value is -4.30. The van der Waals surface area contributed by atoms with E-state index in [0.29, 0.717) is 24.8 Å². The first-order valence-corrected chi connectivity index (χ1v) is 19.4. The third-order valence-electron chi connectivity index (χ3n) is 9.97. The first kappa shape index (κ1) is 33.6. The average molecular weight is 675 g/mol. The van der Waals surface area contributed by atoms with Gasteiger partial charge >= 0.3 is 11.9 Å². The molecule has 1 aliphatic rings. The third kappa shape index (κ3) is 7.09. The van der Waals surface area contributed by atoms with Gasteiger partial charge in [-0.05, 0) is 70.2 Å². The van der Waals surface area contributed by atoms with Crippen LogP contribution in [0.5, 0.6) is 0 Å². The molecular formula is C41H42O5SSi. The van der Waals surface area contributed by atoms with E-state index in [9.17, 15) is 19.5 Å². The van der Waals surface area contributed by atoms with Crippen molar-refractivity contribution in [2.24, 2.45) is 11.8 Å². The fraction of sp³-hybridized carbons (Fsp3) is 0.268. The second-order valence-electron chi connectivity index (χ2n) is 13.5. The SMILES string of the molecule is CC(C)(C[C@H](/C=C/[C@@H]1[C@@H](CC(=O)O)CC[C@H]1OC(=O)c1ccccc1)c1cc2ccccc2s1)[Si](O)(c1ccccc1)c1ccccc1. The topological polar surface area (TPSA) is 83.8 Å². The Morgan fingerprint density at radius 3 is 2.06 bits per heavy atom. The second kappa shape index (κ2) is 14.4. The van der Waals surface area contributed by atoms with E-state index in [2.05, 4.69) is 50.3 Å². The molecule has 4 atom stereocenters. The van der Waals surface area contributed by atoms with Crippen molar-refractivity contribution in [1.82, 2.24) is 0 Å². The normalized spacial score (nSPS) is 19.0. The van der Waals surface area contributed by atoms with E-state index >= 15 is 0 Å². The minimum absolute atomic E-state index is 0.0160. The van der Waals surface area contributed by atoms with Crippen LogP contribution in [0.1, 0.15) is 60.7 Å². The lowest BCUT2D eigenvalue weighted by molar-refractivity contribution is -0.138. The third-order valence-corrected chi connectivity index (χ3v) is 15.7. The van der Waals surface area contributed by atoms with Crippen molar-refractivity contribution < 1.29 is 24.2 Å². The van der Waals surface area contributed by atoms with Crippen LogP contribution in [0.15, 0.2) is 133 Å². The van der Waals surface area contributed by atoms with Gasteiger partial charge in [0.1, 0.15) is 6.10 Å². The van der Waals surface area contributed by atoms with Gasteiger partial charge in [-0.15, -0.1) is 11.3 Å². The molecule has 2 N–H and O–H groups in total. The second-order valence-corrected chi connectivity index (χ2v) is 18.6. The Morgan fingerprint density at radius 2 is 1.46 bits per heavy atom. The number of carbonyl (C=O) groups excluding carboxylic acids is 1. The minimum Gasteiger partial charge on any atom is -0.481 e. The molecule has 0 aliphatic heterocycles. The van der Waals surface area contributed by atoms with Crippen LogP contribution in [-0.4, -0.2) is 36.3 Å². The summed E-state index contributed by atoms with van der Waals surface area (Å²) in [7, 11) is -3.31. The highest BCUT2D eigenvalue weighted by molar-refractivity contribution is 7.19. The van der Waals surface area contributed by atoms with E-state index in [1.165, 1.54) is 15.0 Å². The van der Waals surface area contributed by atoms with Gasteiger partial charge in [-0.3, -0.25) is 4.79 Å². The molecule has 1 fully saturated rings. The summed E-state index contributed by atoms with van der Waals surface area (Å²) in [5.74, 6) is -1.70. The van der Waals surface area contributed by atoms with Crippen LogP contribution in [0.2, 0.25) is 5.04 Å². The predicted octanol–water partition coefficient (Wildman–Crippen LogP) is 8.19. The first-order valence-electron chi connectivity index (χ1n) is 16.6. The van der Waals surface area contributed by atoms with Gasteiger partial charge < -0.3 is 14.6 Å². The molecule has 0 radical (unpaired) electrons. The Morgan fingerprint density at radius 1 is 0.875 bits per heavy atom. The van der Waals surface area contributed by atoms with Crippen molar-refractivity contribution in [1.29, 1.82) is 0 Å². The zero-order valence-corrected chi connectivity index (χ0v) is 29.2. The number of benzene rings is 4. The standard InChI is InChI=1S/C41H42O5SSi/c1-41(2,48(45,33-17-8-4-9-18-33)34-19-10-5-11-20-34)28-32(38-26-31-16-12-13-21-37(31)47-38)22-24-35-30(27-39(42)43)23-25-36(35)46-40(44)29-14-6-3-7-15-29/h3-22,24,26,30,32,35-36,45H,23,25,27-28H2,1-2H3,(H,42,43)/b24-22+/t30-,32+,35-,36-/m1/s1. The number of fused-ring (bicyclic) bond motifs is 1. The van der Waals surface area contributed by atoms with Gasteiger partial charge in [0.05, 0.1) is 5.56 Å². The van der Waals surface area contributed by atoms with Crippen LogP contribution in [0, 0.1) is 11.8 Å². The van der Waals surface area contributed by atoms with Crippen molar-refractivity contribution in [2.75, 3.05) is 0 Å². The quantitative estimate of drug-likeness (QED) is 0.0792. The molecule has 7 heteroatoms. The van der Waals surface area contributed by atoms with Crippen molar-refractivity contribution in [3.8, 4) is 0 Å². The lowest BCUT2D eigenvalue weighted by atomic mass is 9.88. The summed E-state index contributed by atoms with van der Waals surface area (Å²) in [6, 6.07) is 39.7. The molecule has 5 aromatic rings. The molecular weight excluding hydrogens is 633 g/mol. The van der Waals surface area contributed by atoms with Gasteiger partial charge in [-0.25, -0.2) is 4.79 Å². The molecule has 1 saturated carbocycles. The molecule has 0 unspecified atom stereocenters. The number of esters is 1. The molecule has 0 saturated heterocycles. The number of carboxylic acids is 1. The van der Waals surface area contributed by atoms with Gasteiger partial charge in [0.2, 0.25) is 0 Å². The maximum Gasteiger partial charge on any atom is 0.338 e. The number of carbonyl (C=O) groups is 2. The number of hydrogen-bond acceptors (Lipinski definition) is 5. The van der Waals surface area contributed by atoms with Gasteiger partial charge in [0.25, 0.3) is 8.32 Å². The van der Waals surface area contributed by atoms with Crippen molar-refractivity contribution in [3.05, 3.63) is 144 Å². The molecule has 5 nitrogen and oxygen atoms in total. The van der Waals surface area contributed by atoms with E-state index < -0.39 is 25.4 Å². The van der Waals surface area contributed by atoms with Crippen LogP contribution in [0.4, 0.5) is 0 Å². The largest absolute Gasteiger partial charge is 0.481 e. The molecule has 6 rings (SSSR count). The molecule has 1 heterocycles. The fourth-order valence-electron chi connectivity index (χ4n) is 7.44. The predicted molar refractivity (Wildman–Crippen MR) is 197 cm³/mol. The number of aliphatic carboxylic acids is 1. The Labute approximate surface area is 287 Å². The summed E-state index contributed by atoms with van der Waals surface area (Å²) in [6.45, 7) is 4.36. The van der Waals surface area contributed by atoms with E-state index in [0.717, 1.165) is 10.4 Å². The smallest absolute Gasteiger partial charge is 0.338 e. The highest BCUT2D eigenvalue weighted by Crippen LogP contribution is 2.47. The van der Waals surface area contributed by atoms with Gasteiger partial charge in [0, 0.05) is 27.8 Å². The molecule has 0 amide bonds. The average Bonchev–Trinajstić information content (AvgIpc) is 3.70. The van der Waals surface area contributed by atoms with E-state index in [-0.39, 0.29) is 30.1 Å². The zero-order valence-electron chi connectivity index (χ0n) is 27.4. The minimum atomic E-state index is -3.31. The molecule has 0 bridgehead atoms. The van der Waals surface area contributed by atoms with Gasteiger partial charge in [-0.1, -0.05) is 123 Å². The van der Waals surface area contributed by atoms with Crippen LogP contribution in [0.3, 0.4) is 0 Å². The first-order chi connectivity index (χ1) is 23.2. The van der Waals surface area contributed by atoms with Crippen LogP contribution >= 0.6 is 11.3 Å². The summed E-state index contributed by atoms with van der Waals surface area (Å²) in [4.78, 5) is 39.2. The molecule has 246 valence electrons. The summed E-state index contributed by atoms with van der Waals surface area (Å²) in [5.41, 5.74) is 0.484. The molecule has 4 aromatic carbocycles.